The maximum absolute atomic E-state index is 14.4. The molecule has 15 heteroatoms. The first kappa shape index (κ1) is 21.2. The van der Waals surface area contributed by atoms with Crippen molar-refractivity contribution in [2.24, 2.45) is 0 Å². The SMILES string of the molecule is CC1(F)C(F)(F)C(F)(F)C(F)(F)C(F)(F)C1(F)S(=O)(=O)NCCO. The van der Waals surface area contributed by atoms with Crippen molar-refractivity contribution in [1.82, 2.24) is 4.72 Å². The molecular formula is C9H9F10NO3S. The predicted octanol–water partition coefficient (Wildman–Crippen LogP) is 1.85. The van der Waals surface area contributed by atoms with Gasteiger partial charge in [0.05, 0.1) is 6.61 Å². The summed E-state index contributed by atoms with van der Waals surface area (Å²) in [5, 5.41) is 1.82. The predicted molar refractivity (Wildman–Crippen MR) is 57.1 cm³/mol. The molecule has 0 aromatic heterocycles. The van der Waals surface area contributed by atoms with Crippen LogP contribution in [0.25, 0.3) is 0 Å². The standard InChI is InChI=1S/C9H9F10NO3S/c1-4(10)5(11,12)6(13,14)7(15,16)8(17,18)9(4,19)24(22,23)20-2-3-21/h20-21H,2-3H2,1H3. The summed E-state index contributed by atoms with van der Waals surface area (Å²) in [4.78, 5) is 0. The fourth-order valence-electron chi connectivity index (χ4n) is 2.09. The van der Waals surface area contributed by atoms with Crippen LogP contribution in [-0.2, 0) is 10.0 Å². The highest BCUT2D eigenvalue weighted by Gasteiger charge is 3.01. The highest BCUT2D eigenvalue weighted by atomic mass is 32.2. The number of rotatable bonds is 4. The monoisotopic (exact) mass is 401 g/mol. The molecule has 2 atom stereocenters. The number of nitrogens with one attached hydrogen (secondary N) is 1. The molecule has 1 aliphatic rings. The van der Waals surface area contributed by atoms with Gasteiger partial charge in [-0.05, 0) is 6.92 Å². The van der Waals surface area contributed by atoms with E-state index in [-0.39, 0.29) is 0 Å². The van der Waals surface area contributed by atoms with Crippen LogP contribution in [0.4, 0.5) is 43.9 Å². The first-order valence-corrected chi connectivity index (χ1v) is 7.28. The van der Waals surface area contributed by atoms with Crippen LogP contribution >= 0.6 is 0 Å². The van der Waals surface area contributed by atoms with Crippen molar-refractivity contribution < 1.29 is 57.4 Å². The van der Waals surface area contributed by atoms with E-state index in [1.54, 1.807) is 0 Å². The number of aliphatic hydroxyl groups is 1. The number of hydrogen-bond acceptors (Lipinski definition) is 3. The molecule has 0 amide bonds. The third kappa shape index (κ3) is 1.91. The van der Waals surface area contributed by atoms with Crippen LogP contribution in [0.2, 0.25) is 0 Å². The Kier molecular flexibility index (Phi) is 4.50. The fraction of sp³-hybridized carbons (Fsp3) is 1.00. The van der Waals surface area contributed by atoms with E-state index in [0.717, 1.165) is 0 Å². The van der Waals surface area contributed by atoms with Gasteiger partial charge in [-0.25, -0.2) is 21.9 Å². The van der Waals surface area contributed by atoms with Crippen molar-refractivity contribution in [1.29, 1.82) is 0 Å². The Morgan fingerprint density at radius 3 is 1.54 bits per heavy atom. The van der Waals surface area contributed by atoms with E-state index < -0.39 is 64.5 Å². The molecule has 1 saturated carbocycles. The lowest BCUT2D eigenvalue weighted by Crippen LogP contribution is -2.86. The average Bonchev–Trinajstić information content (AvgIpc) is 2.41. The van der Waals surface area contributed by atoms with Crippen molar-refractivity contribution in [3.8, 4) is 0 Å². The molecule has 0 bridgehead atoms. The van der Waals surface area contributed by atoms with Crippen molar-refractivity contribution in [2.45, 2.75) is 41.3 Å². The van der Waals surface area contributed by atoms with E-state index in [0.29, 0.717) is 4.72 Å². The molecule has 0 saturated heterocycles. The van der Waals surface area contributed by atoms with E-state index in [2.05, 4.69) is 0 Å². The molecule has 0 aliphatic heterocycles. The Hall–Kier alpha value is -0.830. The van der Waals surface area contributed by atoms with Gasteiger partial charge in [-0.1, -0.05) is 0 Å². The molecule has 1 aliphatic carbocycles. The summed E-state index contributed by atoms with van der Waals surface area (Å²) in [5.41, 5.74) is -5.98. The first-order valence-electron chi connectivity index (χ1n) is 5.80. The highest BCUT2D eigenvalue weighted by Crippen LogP contribution is 2.69. The Balaban J connectivity index is 3.89. The maximum Gasteiger partial charge on any atom is 0.383 e. The molecule has 144 valence electrons. The average molecular weight is 401 g/mol. The summed E-state index contributed by atoms with van der Waals surface area (Å²) in [6.07, 6.45) is 0. The van der Waals surface area contributed by atoms with Crippen LogP contribution < -0.4 is 4.72 Å². The lowest BCUT2D eigenvalue weighted by Gasteiger charge is -2.53. The molecule has 0 heterocycles. The van der Waals surface area contributed by atoms with Gasteiger partial charge >= 0.3 is 28.7 Å². The molecule has 0 aromatic rings. The molecule has 0 radical (unpaired) electrons. The molecule has 0 spiro atoms. The quantitative estimate of drug-likeness (QED) is 0.707. The van der Waals surface area contributed by atoms with Crippen LogP contribution in [0, 0.1) is 0 Å². The number of sulfonamides is 1. The third-order valence-electron chi connectivity index (χ3n) is 3.55. The summed E-state index contributed by atoms with van der Waals surface area (Å²) in [7, 11) is -6.75. The largest absolute Gasteiger partial charge is 0.395 e. The van der Waals surface area contributed by atoms with Crippen molar-refractivity contribution >= 4 is 10.0 Å². The number of alkyl halides is 10. The van der Waals surface area contributed by atoms with Crippen molar-refractivity contribution in [3.63, 3.8) is 0 Å². The van der Waals surface area contributed by atoms with Crippen LogP contribution in [0.1, 0.15) is 6.92 Å². The van der Waals surface area contributed by atoms with Gasteiger partial charge in [0.25, 0.3) is 10.0 Å². The summed E-state index contributed by atoms with van der Waals surface area (Å²) >= 11 is 0. The zero-order chi connectivity index (χ0) is 19.6. The van der Waals surface area contributed by atoms with E-state index in [1.165, 1.54) is 0 Å². The summed E-state index contributed by atoms with van der Waals surface area (Å²) in [5.74, 6) is -28.3. The number of halogens is 10. The Labute approximate surface area is 127 Å². The van der Waals surface area contributed by atoms with Crippen LogP contribution in [0.15, 0.2) is 0 Å². The lowest BCUT2D eigenvalue weighted by atomic mass is 9.74. The minimum Gasteiger partial charge on any atom is -0.395 e. The summed E-state index contributed by atoms with van der Waals surface area (Å²) in [6, 6.07) is 0. The van der Waals surface area contributed by atoms with Crippen LogP contribution in [0.3, 0.4) is 0 Å². The van der Waals surface area contributed by atoms with Gasteiger partial charge in [0.15, 0.2) is 0 Å². The second kappa shape index (κ2) is 5.09. The molecule has 2 unspecified atom stereocenters. The first-order chi connectivity index (χ1) is 10.3. The van der Waals surface area contributed by atoms with Crippen molar-refractivity contribution in [3.05, 3.63) is 0 Å². The topological polar surface area (TPSA) is 66.4 Å². The minimum absolute atomic E-state index is 0.649. The van der Waals surface area contributed by atoms with Gasteiger partial charge in [0, 0.05) is 6.54 Å². The van der Waals surface area contributed by atoms with E-state index in [9.17, 15) is 52.3 Å². The number of aliphatic hydroxyl groups excluding tert-OH is 1. The van der Waals surface area contributed by atoms with Gasteiger partial charge in [-0.3, -0.25) is 0 Å². The van der Waals surface area contributed by atoms with Gasteiger partial charge in [-0.2, -0.15) is 35.1 Å². The normalized spacial score (nSPS) is 37.2. The fourth-order valence-corrected chi connectivity index (χ4v) is 3.75. The van der Waals surface area contributed by atoms with E-state index in [4.69, 9.17) is 5.11 Å². The molecule has 24 heavy (non-hydrogen) atoms. The molecule has 0 aromatic carbocycles. The molecule has 4 nitrogen and oxygen atoms in total. The maximum atomic E-state index is 14.4. The highest BCUT2D eigenvalue weighted by molar-refractivity contribution is 7.90. The van der Waals surface area contributed by atoms with Gasteiger partial charge in [-0.15, -0.1) is 0 Å². The molecule has 2 N–H and O–H groups in total. The minimum atomic E-state index is -7.27. The van der Waals surface area contributed by atoms with Gasteiger partial charge in [0.2, 0.25) is 5.67 Å². The van der Waals surface area contributed by atoms with Crippen molar-refractivity contribution in [2.75, 3.05) is 13.2 Å². The van der Waals surface area contributed by atoms with Crippen LogP contribution in [-0.4, -0.2) is 61.0 Å². The molecule has 1 rings (SSSR count). The second-order valence-corrected chi connectivity index (χ2v) is 6.88. The van der Waals surface area contributed by atoms with Crippen LogP contribution in [0.5, 0.6) is 0 Å². The third-order valence-corrected chi connectivity index (χ3v) is 5.52. The van der Waals surface area contributed by atoms with E-state index >= 15 is 0 Å². The van der Waals surface area contributed by atoms with Gasteiger partial charge < -0.3 is 5.11 Å². The molecule has 1 fully saturated rings. The Morgan fingerprint density at radius 1 is 0.792 bits per heavy atom. The number of hydrogen-bond donors (Lipinski definition) is 2. The van der Waals surface area contributed by atoms with Gasteiger partial charge in [0.1, 0.15) is 0 Å². The second-order valence-electron chi connectivity index (χ2n) is 5.02. The lowest BCUT2D eigenvalue weighted by molar-refractivity contribution is -0.447. The smallest absolute Gasteiger partial charge is 0.383 e. The summed E-state index contributed by atoms with van der Waals surface area (Å²) in [6.45, 7) is -3.62. The summed E-state index contributed by atoms with van der Waals surface area (Å²) < 4.78 is 159. The Bertz CT molecular complexity index is 587. The van der Waals surface area contributed by atoms with E-state index in [1.807, 2.05) is 0 Å². The zero-order valence-electron chi connectivity index (χ0n) is 11.4. The Morgan fingerprint density at radius 2 is 1.17 bits per heavy atom. The zero-order valence-corrected chi connectivity index (χ0v) is 12.2. The molecular weight excluding hydrogens is 392 g/mol.